The Balaban J connectivity index is 2.29. The molecule has 1 aromatic heterocycles. The van der Waals surface area contributed by atoms with Crippen LogP contribution in [0.4, 0.5) is 0 Å². The molecule has 23 heavy (non-hydrogen) atoms. The van der Waals surface area contributed by atoms with Crippen LogP contribution >= 0.6 is 0 Å². The van der Waals surface area contributed by atoms with E-state index in [4.69, 9.17) is 5.73 Å². The average Bonchev–Trinajstić information content (AvgIpc) is 2.52. The molecule has 2 heteroatoms. The highest BCUT2D eigenvalue weighted by molar-refractivity contribution is 5.98. The van der Waals surface area contributed by atoms with Gasteiger partial charge in [0, 0.05) is 23.7 Å². The minimum atomic E-state index is 0.111. The van der Waals surface area contributed by atoms with Gasteiger partial charge in [0.2, 0.25) is 0 Å². The molecule has 0 bridgehead atoms. The van der Waals surface area contributed by atoms with E-state index in [0.29, 0.717) is 6.54 Å². The number of nitrogens with two attached hydrogens (primary N) is 1. The van der Waals surface area contributed by atoms with Crippen molar-refractivity contribution in [3.8, 4) is 11.1 Å². The maximum atomic E-state index is 5.93. The van der Waals surface area contributed by atoms with Crippen LogP contribution in [-0.2, 0) is 12.0 Å². The molecule has 2 nitrogen and oxygen atoms in total. The van der Waals surface area contributed by atoms with Crippen molar-refractivity contribution in [3.05, 3.63) is 65.5 Å². The molecule has 0 saturated carbocycles. The molecular formula is C21H24N2. The SMILES string of the molecule is Cc1cccc(-c2cnc(CN)c3cc(C(C)(C)C)ccc23)c1. The molecule has 0 spiro atoms. The molecule has 118 valence electrons. The number of hydrogen-bond acceptors (Lipinski definition) is 2. The average molecular weight is 304 g/mol. The molecular weight excluding hydrogens is 280 g/mol. The molecule has 0 aliphatic heterocycles. The van der Waals surface area contributed by atoms with Crippen molar-refractivity contribution >= 4 is 10.8 Å². The number of hydrogen-bond donors (Lipinski definition) is 1. The maximum absolute atomic E-state index is 5.93. The van der Waals surface area contributed by atoms with Crippen LogP contribution in [0.25, 0.3) is 21.9 Å². The Morgan fingerprint density at radius 2 is 1.78 bits per heavy atom. The van der Waals surface area contributed by atoms with E-state index in [1.54, 1.807) is 0 Å². The standard InChI is InChI=1S/C21H24N2/c1-14-6-5-7-15(10-14)19-13-23-20(12-22)18-11-16(21(2,3)4)8-9-17(18)19/h5-11,13H,12,22H2,1-4H3. The Labute approximate surface area is 138 Å². The molecule has 0 radical (unpaired) electrons. The van der Waals surface area contributed by atoms with Gasteiger partial charge in [-0.2, -0.15) is 0 Å². The van der Waals surface area contributed by atoms with Crippen LogP contribution in [0.5, 0.6) is 0 Å². The van der Waals surface area contributed by atoms with E-state index in [1.807, 2.05) is 6.20 Å². The van der Waals surface area contributed by atoms with Crippen LogP contribution in [-0.4, -0.2) is 4.98 Å². The zero-order chi connectivity index (χ0) is 16.6. The van der Waals surface area contributed by atoms with Gasteiger partial charge in [-0.05, 0) is 34.9 Å². The molecule has 0 saturated heterocycles. The summed E-state index contributed by atoms with van der Waals surface area (Å²) >= 11 is 0. The lowest BCUT2D eigenvalue weighted by molar-refractivity contribution is 0.591. The lowest BCUT2D eigenvalue weighted by Crippen LogP contribution is -2.11. The van der Waals surface area contributed by atoms with Crippen LogP contribution in [0.3, 0.4) is 0 Å². The molecule has 1 heterocycles. The van der Waals surface area contributed by atoms with Gasteiger partial charge in [-0.25, -0.2) is 0 Å². The van der Waals surface area contributed by atoms with E-state index >= 15 is 0 Å². The zero-order valence-corrected chi connectivity index (χ0v) is 14.4. The van der Waals surface area contributed by atoms with Gasteiger partial charge in [-0.15, -0.1) is 0 Å². The first-order chi connectivity index (χ1) is 10.9. The Kier molecular flexibility index (Phi) is 3.95. The van der Waals surface area contributed by atoms with E-state index in [1.165, 1.54) is 33.0 Å². The summed E-state index contributed by atoms with van der Waals surface area (Å²) in [4.78, 5) is 4.63. The lowest BCUT2D eigenvalue weighted by atomic mass is 9.85. The Bertz CT molecular complexity index is 857. The third-order valence-electron chi connectivity index (χ3n) is 4.36. The third kappa shape index (κ3) is 2.99. The number of nitrogens with zero attached hydrogens (tertiary/aromatic N) is 1. The molecule has 2 N–H and O–H groups in total. The van der Waals surface area contributed by atoms with E-state index in [0.717, 1.165) is 5.69 Å². The molecule has 0 fully saturated rings. The Morgan fingerprint density at radius 3 is 2.43 bits per heavy atom. The molecule has 0 aliphatic rings. The van der Waals surface area contributed by atoms with Crippen molar-refractivity contribution in [1.29, 1.82) is 0 Å². The second kappa shape index (κ2) is 5.78. The minimum Gasteiger partial charge on any atom is -0.325 e. The van der Waals surface area contributed by atoms with Gasteiger partial charge in [0.05, 0.1) is 5.69 Å². The van der Waals surface area contributed by atoms with Crippen molar-refractivity contribution in [1.82, 2.24) is 4.98 Å². The fraction of sp³-hybridized carbons (Fsp3) is 0.286. The molecule has 3 aromatic rings. The van der Waals surface area contributed by atoms with Crippen LogP contribution < -0.4 is 5.73 Å². The number of aromatic nitrogens is 1. The first-order valence-electron chi connectivity index (χ1n) is 8.09. The smallest absolute Gasteiger partial charge is 0.0618 e. The summed E-state index contributed by atoms with van der Waals surface area (Å²) in [6.07, 6.45) is 1.95. The molecule has 3 rings (SSSR count). The summed E-state index contributed by atoms with van der Waals surface area (Å²) < 4.78 is 0. The van der Waals surface area contributed by atoms with Gasteiger partial charge in [0.25, 0.3) is 0 Å². The van der Waals surface area contributed by atoms with Crippen LogP contribution in [0.1, 0.15) is 37.6 Å². The van der Waals surface area contributed by atoms with E-state index in [-0.39, 0.29) is 5.41 Å². The normalized spacial score (nSPS) is 11.9. The molecule has 2 aromatic carbocycles. The second-order valence-electron chi connectivity index (χ2n) is 7.20. The summed E-state index contributed by atoms with van der Waals surface area (Å²) in [5.74, 6) is 0. The number of benzene rings is 2. The third-order valence-corrected chi connectivity index (χ3v) is 4.36. The van der Waals surface area contributed by atoms with Crippen LogP contribution in [0, 0.1) is 6.92 Å². The molecule has 0 amide bonds. The van der Waals surface area contributed by atoms with Crippen molar-refractivity contribution in [2.45, 2.75) is 39.7 Å². The van der Waals surface area contributed by atoms with Gasteiger partial charge in [0.1, 0.15) is 0 Å². The fourth-order valence-corrected chi connectivity index (χ4v) is 2.97. The minimum absolute atomic E-state index is 0.111. The van der Waals surface area contributed by atoms with Crippen molar-refractivity contribution in [3.63, 3.8) is 0 Å². The quantitative estimate of drug-likeness (QED) is 0.726. The number of aryl methyl sites for hydroxylation is 1. The van der Waals surface area contributed by atoms with Gasteiger partial charge in [-0.1, -0.05) is 62.7 Å². The first kappa shape index (κ1) is 15.7. The monoisotopic (exact) mass is 304 g/mol. The predicted octanol–water partition coefficient (Wildman–Crippen LogP) is 4.97. The Hall–Kier alpha value is -2.19. The summed E-state index contributed by atoms with van der Waals surface area (Å²) in [7, 11) is 0. The lowest BCUT2D eigenvalue weighted by Gasteiger charge is -2.20. The van der Waals surface area contributed by atoms with Crippen LogP contribution in [0.15, 0.2) is 48.7 Å². The highest BCUT2D eigenvalue weighted by Crippen LogP contribution is 2.33. The maximum Gasteiger partial charge on any atom is 0.0618 e. The van der Waals surface area contributed by atoms with Crippen LogP contribution in [0.2, 0.25) is 0 Å². The topological polar surface area (TPSA) is 38.9 Å². The second-order valence-corrected chi connectivity index (χ2v) is 7.20. The summed E-state index contributed by atoms with van der Waals surface area (Å²) in [6, 6.07) is 15.3. The van der Waals surface area contributed by atoms with E-state index in [2.05, 4.69) is 75.1 Å². The number of rotatable bonds is 2. The summed E-state index contributed by atoms with van der Waals surface area (Å²) in [6.45, 7) is 9.26. The molecule has 0 unspecified atom stereocenters. The number of pyridine rings is 1. The highest BCUT2D eigenvalue weighted by atomic mass is 14.7. The van der Waals surface area contributed by atoms with Gasteiger partial charge >= 0.3 is 0 Å². The predicted molar refractivity (Wildman–Crippen MR) is 98.5 cm³/mol. The summed E-state index contributed by atoms with van der Waals surface area (Å²) in [5, 5.41) is 2.39. The van der Waals surface area contributed by atoms with Crippen molar-refractivity contribution in [2.24, 2.45) is 5.73 Å². The highest BCUT2D eigenvalue weighted by Gasteiger charge is 2.16. The van der Waals surface area contributed by atoms with Crippen molar-refractivity contribution < 1.29 is 0 Å². The molecule has 0 atom stereocenters. The van der Waals surface area contributed by atoms with E-state index < -0.39 is 0 Å². The van der Waals surface area contributed by atoms with Gasteiger partial charge in [-0.3, -0.25) is 4.98 Å². The molecule has 0 aliphatic carbocycles. The first-order valence-corrected chi connectivity index (χ1v) is 8.09. The van der Waals surface area contributed by atoms with Gasteiger partial charge < -0.3 is 5.73 Å². The Morgan fingerprint density at radius 1 is 1.00 bits per heavy atom. The fourth-order valence-electron chi connectivity index (χ4n) is 2.97. The van der Waals surface area contributed by atoms with Gasteiger partial charge in [0.15, 0.2) is 0 Å². The zero-order valence-electron chi connectivity index (χ0n) is 14.4. The number of fused-ring (bicyclic) bond motifs is 1. The van der Waals surface area contributed by atoms with E-state index in [9.17, 15) is 0 Å². The van der Waals surface area contributed by atoms with Crippen molar-refractivity contribution in [2.75, 3.05) is 0 Å². The largest absolute Gasteiger partial charge is 0.325 e. The summed E-state index contributed by atoms with van der Waals surface area (Å²) in [5.41, 5.74) is 11.9.